The normalized spacial score (nSPS) is 12.6. The number of hydrogen-bond donors (Lipinski definition) is 2. The molecule has 0 radical (unpaired) electrons. The van der Waals surface area contributed by atoms with E-state index in [1.807, 2.05) is 6.92 Å². The predicted octanol–water partition coefficient (Wildman–Crippen LogP) is 2.73. The highest BCUT2D eigenvalue weighted by atomic mass is 32.2. The van der Waals surface area contributed by atoms with Gasteiger partial charge in [-0.2, -0.15) is 0 Å². The van der Waals surface area contributed by atoms with Crippen LogP contribution in [-0.2, 0) is 35.5 Å². The van der Waals surface area contributed by atoms with Crippen LogP contribution in [0.2, 0.25) is 0 Å². The molecule has 1 aromatic carbocycles. The van der Waals surface area contributed by atoms with Gasteiger partial charge in [-0.05, 0) is 58.2 Å². The van der Waals surface area contributed by atoms with Crippen LogP contribution in [0.15, 0.2) is 24.3 Å². The first kappa shape index (κ1) is 29.6. The van der Waals surface area contributed by atoms with Crippen molar-refractivity contribution in [3.05, 3.63) is 35.4 Å². The van der Waals surface area contributed by atoms with Crippen LogP contribution in [0, 0.1) is 0 Å². The largest absolute Gasteiger partial charge is 0.466 e. The molecule has 0 aromatic heterocycles. The van der Waals surface area contributed by atoms with Gasteiger partial charge in [-0.15, -0.1) is 0 Å². The summed E-state index contributed by atoms with van der Waals surface area (Å²) in [5.74, 6) is -1.44. The Bertz CT molecular complexity index is 906. The van der Waals surface area contributed by atoms with Crippen molar-refractivity contribution < 1.29 is 32.3 Å². The molecular formula is C24H38N2O7S. The van der Waals surface area contributed by atoms with E-state index in [2.05, 4.69) is 10.0 Å². The van der Waals surface area contributed by atoms with Crippen molar-refractivity contribution >= 4 is 27.9 Å². The van der Waals surface area contributed by atoms with Gasteiger partial charge in [-0.1, -0.05) is 25.5 Å². The summed E-state index contributed by atoms with van der Waals surface area (Å²) in [7, 11) is -3.96. The fourth-order valence-corrected chi connectivity index (χ4v) is 4.30. The molecule has 0 fully saturated rings. The number of rotatable bonds is 14. The van der Waals surface area contributed by atoms with Crippen molar-refractivity contribution in [2.24, 2.45) is 0 Å². The van der Waals surface area contributed by atoms with E-state index in [0.717, 1.165) is 6.42 Å². The van der Waals surface area contributed by atoms with E-state index in [0.29, 0.717) is 37.1 Å². The first-order valence-corrected chi connectivity index (χ1v) is 13.2. The lowest BCUT2D eigenvalue weighted by Gasteiger charge is -2.24. The zero-order chi connectivity index (χ0) is 25.8. The Kier molecular flexibility index (Phi) is 12.2. The van der Waals surface area contributed by atoms with E-state index in [-0.39, 0.29) is 31.3 Å². The topological polar surface area (TPSA) is 128 Å². The predicted molar refractivity (Wildman–Crippen MR) is 130 cm³/mol. The number of unbranched alkanes of at least 4 members (excludes halogenated alkanes) is 1. The molecule has 0 bridgehead atoms. The quantitative estimate of drug-likeness (QED) is 0.298. The molecule has 0 saturated heterocycles. The summed E-state index contributed by atoms with van der Waals surface area (Å²) >= 11 is 0. The molecule has 1 amide bonds. The van der Waals surface area contributed by atoms with Crippen molar-refractivity contribution in [2.45, 2.75) is 77.6 Å². The average Bonchev–Trinajstić information content (AvgIpc) is 2.74. The van der Waals surface area contributed by atoms with E-state index in [9.17, 15) is 22.8 Å². The van der Waals surface area contributed by atoms with Gasteiger partial charge in [0.2, 0.25) is 10.0 Å². The molecule has 0 saturated carbocycles. The highest BCUT2D eigenvalue weighted by Crippen LogP contribution is 2.17. The van der Waals surface area contributed by atoms with Crippen LogP contribution >= 0.6 is 0 Å². The van der Waals surface area contributed by atoms with Crippen LogP contribution in [-0.4, -0.2) is 56.8 Å². The molecule has 0 heterocycles. The zero-order valence-electron chi connectivity index (χ0n) is 20.8. The molecule has 1 atom stereocenters. The van der Waals surface area contributed by atoms with Crippen molar-refractivity contribution in [1.82, 2.24) is 10.0 Å². The van der Waals surface area contributed by atoms with Crippen molar-refractivity contribution in [2.75, 3.05) is 19.7 Å². The molecule has 34 heavy (non-hydrogen) atoms. The maximum absolute atomic E-state index is 12.8. The number of hydrogen-bond acceptors (Lipinski definition) is 7. The maximum atomic E-state index is 12.8. The van der Waals surface area contributed by atoms with E-state index in [1.165, 1.54) is 0 Å². The number of esters is 2. The van der Waals surface area contributed by atoms with Gasteiger partial charge in [0.15, 0.2) is 5.25 Å². The molecule has 10 heteroatoms. The number of carbonyl (C=O) groups excluding carboxylic acids is 3. The van der Waals surface area contributed by atoms with E-state index in [1.54, 1.807) is 52.0 Å². The van der Waals surface area contributed by atoms with Crippen LogP contribution in [0.5, 0.6) is 0 Å². The molecule has 1 aromatic rings. The van der Waals surface area contributed by atoms with Gasteiger partial charge >= 0.3 is 11.9 Å². The molecular weight excluding hydrogens is 460 g/mol. The van der Waals surface area contributed by atoms with Crippen molar-refractivity contribution in [3.8, 4) is 0 Å². The number of amides is 1. The zero-order valence-corrected chi connectivity index (χ0v) is 21.6. The van der Waals surface area contributed by atoms with Crippen LogP contribution in [0.3, 0.4) is 0 Å². The van der Waals surface area contributed by atoms with Gasteiger partial charge < -0.3 is 14.8 Å². The third-order valence-electron chi connectivity index (χ3n) is 4.66. The minimum atomic E-state index is -3.96. The Hall–Kier alpha value is -2.46. The summed E-state index contributed by atoms with van der Waals surface area (Å²) in [5.41, 5.74) is 0.136. The number of sulfonamides is 1. The van der Waals surface area contributed by atoms with Crippen LogP contribution in [0.1, 0.15) is 76.2 Å². The maximum Gasteiger partial charge on any atom is 0.326 e. The molecule has 0 spiro atoms. The van der Waals surface area contributed by atoms with Gasteiger partial charge in [0.25, 0.3) is 5.91 Å². The molecule has 2 N–H and O–H groups in total. The Labute approximate surface area is 203 Å². The Morgan fingerprint density at radius 2 is 1.65 bits per heavy atom. The van der Waals surface area contributed by atoms with Crippen molar-refractivity contribution in [1.29, 1.82) is 0 Å². The smallest absolute Gasteiger partial charge is 0.326 e. The summed E-state index contributed by atoms with van der Waals surface area (Å²) in [4.78, 5) is 36.4. The molecule has 192 valence electrons. The molecule has 0 aliphatic carbocycles. The molecule has 9 nitrogen and oxygen atoms in total. The number of benzene rings is 1. The summed E-state index contributed by atoms with van der Waals surface area (Å²) in [5, 5.41) is 1.32. The SMILES string of the molecule is CCCCNS(=O)(=O)[C@@H](Cc1ccc(C(=O)NCCCC(=O)OCC)cc1)C(=O)OC(C)(C)C. The Morgan fingerprint density at radius 3 is 2.21 bits per heavy atom. The average molecular weight is 499 g/mol. The van der Waals surface area contributed by atoms with E-state index < -0.39 is 26.8 Å². The minimum Gasteiger partial charge on any atom is -0.466 e. The summed E-state index contributed by atoms with van der Waals surface area (Å²) in [6, 6.07) is 6.37. The number of carbonyl (C=O) groups is 3. The Balaban J connectivity index is 2.83. The third kappa shape index (κ3) is 11.1. The standard InChI is InChI=1S/C24H38N2O7S/c1-6-8-16-26-34(30,31)20(23(29)33-24(3,4)5)17-18-11-13-19(14-12-18)22(28)25-15-9-10-21(27)32-7-2/h11-14,20,26H,6-10,15-17H2,1-5H3,(H,25,28)/t20-/m0/s1. The lowest BCUT2D eigenvalue weighted by molar-refractivity contribution is -0.154. The van der Waals surface area contributed by atoms with Crippen LogP contribution < -0.4 is 10.0 Å². The molecule has 0 aliphatic heterocycles. The van der Waals surface area contributed by atoms with Crippen LogP contribution in [0.4, 0.5) is 0 Å². The second kappa shape index (κ2) is 14.1. The summed E-state index contributed by atoms with van der Waals surface area (Å²) in [6.07, 6.45) is 2.07. The molecule has 0 unspecified atom stereocenters. The summed E-state index contributed by atoms with van der Waals surface area (Å²) < 4.78 is 38.4. The first-order valence-electron chi connectivity index (χ1n) is 11.6. The Morgan fingerprint density at radius 1 is 1.00 bits per heavy atom. The van der Waals surface area contributed by atoms with Crippen molar-refractivity contribution in [3.63, 3.8) is 0 Å². The van der Waals surface area contributed by atoms with Gasteiger partial charge in [0, 0.05) is 31.5 Å². The van der Waals surface area contributed by atoms with Gasteiger partial charge in [-0.25, -0.2) is 13.1 Å². The first-order chi connectivity index (χ1) is 15.9. The molecule has 1 rings (SSSR count). The fraction of sp³-hybridized carbons (Fsp3) is 0.625. The van der Waals surface area contributed by atoms with Gasteiger partial charge in [0.05, 0.1) is 6.61 Å². The highest BCUT2D eigenvalue weighted by molar-refractivity contribution is 7.90. The van der Waals surface area contributed by atoms with E-state index in [4.69, 9.17) is 9.47 Å². The second-order valence-corrected chi connectivity index (χ2v) is 10.8. The highest BCUT2D eigenvalue weighted by Gasteiger charge is 2.36. The third-order valence-corrected chi connectivity index (χ3v) is 6.38. The number of nitrogens with one attached hydrogen (secondary N) is 2. The lowest BCUT2D eigenvalue weighted by atomic mass is 10.1. The number of ether oxygens (including phenoxy) is 2. The second-order valence-electron chi connectivity index (χ2n) is 8.88. The van der Waals surface area contributed by atoms with Crippen LogP contribution in [0.25, 0.3) is 0 Å². The monoisotopic (exact) mass is 498 g/mol. The van der Waals surface area contributed by atoms with Gasteiger partial charge in [0.1, 0.15) is 5.60 Å². The van der Waals surface area contributed by atoms with E-state index >= 15 is 0 Å². The minimum absolute atomic E-state index is 0.0855. The molecule has 0 aliphatic rings. The fourth-order valence-electron chi connectivity index (χ4n) is 2.96. The van der Waals surface area contributed by atoms with Gasteiger partial charge in [-0.3, -0.25) is 14.4 Å². The lowest BCUT2D eigenvalue weighted by Crippen LogP contribution is -2.44. The summed E-state index contributed by atoms with van der Waals surface area (Å²) in [6.45, 7) is 9.60.